The molecular weight excluding hydrogens is 290 g/mol. The fraction of sp³-hybridized carbons (Fsp3) is 0.895. The van der Waals surface area contributed by atoms with Gasteiger partial charge in [-0.25, -0.2) is 0 Å². The molecule has 2 saturated carbocycles. The van der Waals surface area contributed by atoms with Gasteiger partial charge in [-0.05, 0) is 61.2 Å². The van der Waals surface area contributed by atoms with Crippen molar-refractivity contribution in [1.82, 2.24) is 0 Å². The highest BCUT2D eigenvalue weighted by molar-refractivity contribution is 5.88. The molecule has 0 unspecified atom stereocenters. The Morgan fingerprint density at radius 2 is 2.04 bits per heavy atom. The van der Waals surface area contributed by atoms with Crippen molar-refractivity contribution in [3.05, 3.63) is 0 Å². The summed E-state index contributed by atoms with van der Waals surface area (Å²) >= 11 is 0. The molecule has 0 bridgehead atoms. The first-order valence-electron chi connectivity index (χ1n) is 9.13. The van der Waals surface area contributed by atoms with Gasteiger partial charge >= 0.3 is 5.97 Å². The summed E-state index contributed by atoms with van der Waals surface area (Å²) in [4.78, 5) is 10.9. The third-order valence-corrected chi connectivity index (χ3v) is 6.76. The van der Waals surface area contributed by atoms with Crippen LogP contribution in [0, 0.1) is 28.6 Å². The van der Waals surface area contributed by atoms with Crippen LogP contribution >= 0.6 is 0 Å². The van der Waals surface area contributed by atoms with E-state index in [4.69, 9.17) is 5.11 Å². The SMILES string of the molecule is C[C@H](CC[C@H]1/C(=N\O)CC[C@H]2C(C)(C)CCC[C@]12C)CC(=O)O. The van der Waals surface area contributed by atoms with Gasteiger partial charge in [-0.15, -0.1) is 0 Å². The van der Waals surface area contributed by atoms with E-state index in [0.717, 1.165) is 31.4 Å². The zero-order valence-corrected chi connectivity index (χ0v) is 15.1. The number of rotatable bonds is 5. The van der Waals surface area contributed by atoms with E-state index in [2.05, 4.69) is 25.9 Å². The van der Waals surface area contributed by atoms with Gasteiger partial charge in [-0.2, -0.15) is 0 Å². The van der Waals surface area contributed by atoms with Gasteiger partial charge < -0.3 is 10.3 Å². The lowest BCUT2D eigenvalue weighted by atomic mass is 9.47. The second-order valence-electron chi connectivity index (χ2n) is 8.86. The molecule has 2 aliphatic carbocycles. The summed E-state index contributed by atoms with van der Waals surface area (Å²) in [6.45, 7) is 9.17. The highest BCUT2D eigenvalue weighted by Gasteiger charge is 2.53. The van der Waals surface area contributed by atoms with Crippen molar-refractivity contribution in [2.45, 2.75) is 79.1 Å². The lowest BCUT2D eigenvalue weighted by Gasteiger charge is -2.57. The first-order valence-corrected chi connectivity index (χ1v) is 9.13. The zero-order chi connectivity index (χ0) is 17.3. The molecule has 0 aromatic carbocycles. The first kappa shape index (κ1) is 18.3. The lowest BCUT2D eigenvalue weighted by Crippen LogP contribution is -2.52. The molecule has 0 radical (unpaired) electrons. The van der Waals surface area contributed by atoms with E-state index in [1.165, 1.54) is 19.3 Å². The van der Waals surface area contributed by atoms with Crippen molar-refractivity contribution in [3.8, 4) is 0 Å². The Kier molecular flexibility index (Phi) is 5.42. The Balaban J connectivity index is 2.17. The molecule has 0 spiro atoms. The van der Waals surface area contributed by atoms with E-state index in [0.29, 0.717) is 17.3 Å². The number of hydrogen-bond donors (Lipinski definition) is 2. The van der Waals surface area contributed by atoms with E-state index in [-0.39, 0.29) is 17.8 Å². The number of fused-ring (bicyclic) bond motifs is 1. The monoisotopic (exact) mass is 323 g/mol. The predicted molar refractivity (Wildman–Crippen MR) is 91.8 cm³/mol. The highest BCUT2D eigenvalue weighted by atomic mass is 16.4. The van der Waals surface area contributed by atoms with Crippen LogP contribution in [0.4, 0.5) is 0 Å². The van der Waals surface area contributed by atoms with Gasteiger partial charge in [0, 0.05) is 12.3 Å². The molecule has 0 saturated heterocycles. The fourth-order valence-electron chi connectivity index (χ4n) is 5.62. The fourth-order valence-corrected chi connectivity index (χ4v) is 5.62. The van der Waals surface area contributed by atoms with E-state index in [1.54, 1.807) is 0 Å². The van der Waals surface area contributed by atoms with Crippen LogP contribution in [0.1, 0.15) is 79.1 Å². The van der Waals surface area contributed by atoms with Gasteiger partial charge in [0.2, 0.25) is 0 Å². The average Bonchev–Trinajstić information content (AvgIpc) is 2.43. The molecule has 23 heavy (non-hydrogen) atoms. The molecule has 4 heteroatoms. The van der Waals surface area contributed by atoms with Gasteiger partial charge in [0.05, 0.1) is 5.71 Å². The Morgan fingerprint density at radius 1 is 1.35 bits per heavy atom. The van der Waals surface area contributed by atoms with Crippen molar-refractivity contribution in [2.75, 3.05) is 0 Å². The average molecular weight is 323 g/mol. The van der Waals surface area contributed by atoms with Crippen LogP contribution in [0.2, 0.25) is 0 Å². The molecular formula is C19H33NO3. The number of hydrogen-bond acceptors (Lipinski definition) is 3. The molecule has 2 rings (SSSR count). The number of carboxylic acids is 1. The van der Waals surface area contributed by atoms with Gasteiger partial charge in [0.1, 0.15) is 0 Å². The highest BCUT2D eigenvalue weighted by Crippen LogP contribution is 2.60. The normalized spacial score (nSPS) is 36.4. The zero-order valence-electron chi connectivity index (χ0n) is 15.1. The Morgan fingerprint density at radius 3 is 2.65 bits per heavy atom. The molecule has 0 heterocycles. The van der Waals surface area contributed by atoms with Crippen molar-refractivity contribution in [3.63, 3.8) is 0 Å². The quantitative estimate of drug-likeness (QED) is 0.555. The minimum absolute atomic E-state index is 0.174. The number of nitrogens with zero attached hydrogens (tertiary/aromatic N) is 1. The Bertz CT molecular complexity index is 471. The third kappa shape index (κ3) is 3.72. The summed E-state index contributed by atoms with van der Waals surface area (Å²) in [7, 11) is 0. The molecule has 2 N–H and O–H groups in total. The molecule has 4 nitrogen and oxygen atoms in total. The van der Waals surface area contributed by atoms with Crippen LogP contribution in [0.3, 0.4) is 0 Å². The lowest BCUT2D eigenvalue weighted by molar-refractivity contribution is -0.138. The maximum Gasteiger partial charge on any atom is 0.303 e. The third-order valence-electron chi connectivity index (χ3n) is 6.76. The van der Waals surface area contributed by atoms with Gasteiger partial charge in [-0.3, -0.25) is 4.79 Å². The van der Waals surface area contributed by atoms with Crippen molar-refractivity contribution in [1.29, 1.82) is 0 Å². The molecule has 4 atom stereocenters. The van der Waals surface area contributed by atoms with Crippen molar-refractivity contribution >= 4 is 11.7 Å². The topological polar surface area (TPSA) is 69.9 Å². The molecule has 0 amide bonds. The molecule has 0 aromatic heterocycles. The summed E-state index contributed by atoms with van der Waals surface area (Å²) in [6, 6.07) is 0. The van der Waals surface area contributed by atoms with Crippen LogP contribution < -0.4 is 0 Å². The standard InChI is InChI=1S/C19H33NO3/c1-13(12-17(21)22)6-7-14-15(20-23)8-9-16-18(2,3)10-5-11-19(14,16)4/h13-14,16,23H,5-12H2,1-4H3,(H,21,22)/b20-15-/t13-,14+,16+,19-/m1/s1. The van der Waals surface area contributed by atoms with E-state index in [1.807, 2.05) is 6.92 Å². The van der Waals surface area contributed by atoms with Gasteiger partial charge in [-0.1, -0.05) is 39.3 Å². The summed E-state index contributed by atoms with van der Waals surface area (Å²) in [5.74, 6) is 0.407. The largest absolute Gasteiger partial charge is 0.481 e. The van der Waals surface area contributed by atoms with Crippen LogP contribution in [0.25, 0.3) is 0 Å². The maximum absolute atomic E-state index is 10.9. The van der Waals surface area contributed by atoms with Gasteiger partial charge in [0.15, 0.2) is 0 Å². The van der Waals surface area contributed by atoms with Crippen LogP contribution in [0.5, 0.6) is 0 Å². The maximum atomic E-state index is 10.9. The van der Waals surface area contributed by atoms with Gasteiger partial charge in [0.25, 0.3) is 0 Å². The van der Waals surface area contributed by atoms with Crippen LogP contribution in [0.15, 0.2) is 5.16 Å². The second-order valence-corrected chi connectivity index (χ2v) is 8.86. The molecule has 2 aliphatic rings. The minimum Gasteiger partial charge on any atom is -0.481 e. The van der Waals surface area contributed by atoms with Crippen LogP contribution in [-0.4, -0.2) is 22.0 Å². The van der Waals surface area contributed by atoms with E-state index < -0.39 is 5.97 Å². The number of oxime groups is 1. The second kappa shape index (κ2) is 6.82. The summed E-state index contributed by atoms with van der Waals surface area (Å²) in [5, 5.41) is 22.1. The van der Waals surface area contributed by atoms with Crippen molar-refractivity contribution < 1.29 is 15.1 Å². The molecule has 2 fully saturated rings. The summed E-state index contributed by atoms with van der Waals surface area (Å²) < 4.78 is 0. The molecule has 0 aliphatic heterocycles. The first-order chi connectivity index (χ1) is 10.7. The number of carbonyl (C=O) groups is 1. The van der Waals surface area contributed by atoms with Crippen LogP contribution in [-0.2, 0) is 4.79 Å². The smallest absolute Gasteiger partial charge is 0.303 e. The molecule has 132 valence electrons. The summed E-state index contributed by atoms with van der Waals surface area (Å²) in [5.41, 5.74) is 1.48. The number of carboxylic acid groups (broad SMARTS) is 1. The van der Waals surface area contributed by atoms with Crippen molar-refractivity contribution in [2.24, 2.45) is 33.7 Å². The predicted octanol–water partition coefficient (Wildman–Crippen LogP) is 4.95. The summed E-state index contributed by atoms with van der Waals surface area (Å²) in [6.07, 6.45) is 7.76. The Hall–Kier alpha value is -1.06. The Labute approximate surface area is 140 Å². The van der Waals surface area contributed by atoms with E-state index >= 15 is 0 Å². The molecule has 0 aromatic rings. The van der Waals surface area contributed by atoms with E-state index in [9.17, 15) is 10.0 Å². The minimum atomic E-state index is -0.722. The number of aliphatic carboxylic acids is 1.